The summed E-state index contributed by atoms with van der Waals surface area (Å²) in [5.41, 5.74) is 0. The highest BCUT2D eigenvalue weighted by Crippen LogP contribution is 2.60. The first-order valence-corrected chi connectivity index (χ1v) is 13.6. The second-order valence-electron chi connectivity index (χ2n) is 6.61. The predicted octanol–water partition coefficient (Wildman–Crippen LogP) is 2.90. The van der Waals surface area contributed by atoms with E-state index in [0.29, 0.717) is 0 Å². The Balaban J connectivity index is 1.91. The molecule has 0 aliphatic carbocycles. The molecule has 1 aliphatic heterocycles. The summed E-state index contributed by atoms with van der Waals surface area (Å²) in [5.74, 6) is 0. The number of hydrogen-bond acceptors (Lipinski definition) is 5. The van der Waals surface area contributed by atoms with Crippen molar-refractivity contribution in [2.24, 2.45) is 0 Å². The smallest absolute Gasteiger partial charge is 0.272 e. The van der Waals surface area contributed by atoms with Gasteiger partial charge in [0.15, 0.2) is 0 Å². The molecule has 3 aromatic rings. The van der Waals surface area contributed by atoms with Crippen LogP contribution in [0, 0.1) is 0 Å². The Hall–Kier alpha value is -2.29. The normalized spacial score (nSPS) is 17.7. The fourth-order valence-electron chi connectivity index (χ4n) is 3.39. The van der Waals surface area contributed by atoms with E-state index >= 15 is 0 Å². The molecule has 1 aliphatic rings. The van der Waals surface area contributed by atoms with Gasteiger partial charge in [-0.15, -0.1) is 8.15 Å². The Bertz CT molecular complexity index is 1220. The molecule has 0 saturated carbocycles. The molecule has 0 N–H and O–H groups in total. The molecule has 156 valence electrons. The largest absolute Gasteiger partial charge is 0.281 e. The average Bonchev–Trinajstić information content (AvgIpc) is 3.15. The van der Waals surface area contributed by atoms with E-state index < -0.39 is 27.5 Å². The van der Waals surface area contributed by atoms with Gasteiger partial charge in [-0.1, -0.05) is 54.6 Å². The topological polar surface area (TPSA) is 91.8 Å². The number of rotatable bonds is 5. The third-order valence-electron chi connectivity index (χ3n) is 4.82. The van der Waals surface area contributed by atoms with Crippen molar-refractivity contribution in [3.8, 4) is 0 Å². The first-order chi connectivity index (χ1) is 14.3. The van der Waals surface area contributed by atoms with Crippen molar-refractivity contribution < 1.29 is 21.4 Å². The van der Waals surface area contributed by atoms with E-state index in [0.717, 1.165) is 8.15 Å². The van der Waals surface area contributed by atoms with Crippen LogP contribution in [0.5, 0.6) is 0 Å². The molecular formula is C20H19N2O5PS2. The van der Waals surface area contributed by atoms with Gasteiger partial charge in [0.1, 0.15) is 0 Å². The van der Waals surface area contributed by atoms with Crippen molar-refractivity contribution >= 4 is 32.8 Å². The summed E-state index contributed by atoms with van der Waals surface area (Å²) in [6, 6.07) is 23.1. The fourth-order valence-corrected chi connectivity index (χ4v) is 11.7. The van der Waals surface area contributed by atoms with Gasteiger partial charge in [-0.2, -0.15) is 0 Å². The van der Waals surface area contributed by atoms with Crippen LogP contribution in [0.15, 0.2) is 101 Å². The van der Waals surface area contributed by atoms with Crippen LogP contribution in [0.2, 0.25) is 0 Å². The third kappa shape index (κ3) is 3.33. The summed E-state index contributed by atoms with van der Waals surface area (Å²) in [5, 5.41) is 0.140. The van der Waals surface area contributed by atoms with Crippen LogP contribution in [0.1, 0.15) is 0 Å². The predicted molar refractivity (Wildman–Crippen MR) is 114 cm³/mol. The van der Waals surface area contributed by atoms with E-state index in [1.807, 2.05) is 0 Å². The van der Waals surface area contributed by atoms with Crippen molar-refractivity contribution in [1.29, 1.82) is 0 Å². The number of hydrogen-bond donors (Lipinski definition) is 0. The molecule has 30 heavy (non-hydrogen) atoms. The first-order valence-electron chi connectivity index (χ1n) is 9.11. The highest BCUT2D eigenvalue weighted by molar-refractivity contribution is 8.01. The van der Waals surface area contributed by atoms with Crippen molar-refractivity contribution in [1.82, 2.24) is 8.15 Å². The van der Waals surface area contributed by atoms with Gasteiger partial charge in [0.05, 0.1) is 9.79 Å². The standard InChI is InChI=1S/C20H19N2O5PS2/c23-28(18-10-4-1-5-11-18)21(29(24,25)19-12-6-2-7-13-19)16-17-22(28)30(26,27)20-14-8-3-9-15-20/h1-15H,16-17H2. The molecular weight excluding hydrogens is 443 g/mol. The minimum atomic E-state index is -4.23. The molecule has 0 radical (unpaired) electrons. The van der Waals surface area contributed by atoms with E-state index in [4.69, 9.17) is 0 Å². The second kappa shape index (κ2) is 7.76. The van der Waals surface area contributed by atoms with Gasteiger partial charge in [-0.25, -0.2) is 16.8 Å². The average molecular weight is 462 g/mol. The summed E-state index contributed by atoms with van der Waals surface area (Å²) in [7, 11) is -12.6. The SMILES string of the molecule is O=P1(c2ccccc2)N(S(=O)(=O)c2ccccc2)CCN1S(=O)(=O)c1ccccc1. The van der Waals surface area contributed by atoms with Crippen LogP contribution < -0.4 is 5.30 Å². The first kappa shape index (κ1) is 21.0. The Labute approximate surface area is 176 Å². The highest BCUT2D eigenvalue weighted by atomic mass is 32.2. The van der Waals surface area contributed by atoms with Gasteiger partial charge in [0.2, 0.25) is 20.0 Å². The van der Waals surface area contributed by atoms with Crippen LogP contribution in [-0.2, 0) is 24.6 Å². The van der Waals surface area contributed by atoms with E-state index in [9.17, 15) is 21.4 Å². The quantitative estimate of drug-likeness (QED) is 0.544. The Morgan fingerprint density at radius 2 is 0.900 bits per heavy atom. The molecule has 7 nitrogen and oxygen atoms in total. The van der Waals surface area contributed by atoms with Crippen molar-refractivity contribution in [3.05, 3.63) is 91.0 Å². The summed E-state index contributed by atoms with van der Waals surface area (Å²) >= 11 is 0. The van der Waals surface area contributed by atoms with E-state index in [-0.39, 0.29) is 28.2 Å². The van der Waals surface area contributed by atoms with Gasteiger partial charge >= 0.3 is 0 Å². The monoisotopic (exact) mass is 462 g/mol. The van der Waals surface area contributed by atoms with E-state index in [2.05, 4.69) is 0 Å². The maximum Gasteiger partial charge on any atom is 0.272 e. The van der Waals surface area contributed by atoms with Crippen LogP contribution in [0.4, 0.5) is 0 Å². The van der Waals surface area contributed by atoms with E-state index in [1.54, 1.807) is 54.6 Å². The molecule has 1 fully saturated rings. The van der Waals surface area contributed by atoms with Gasteiger partial charge in [-0.3, -0.25) is 4.57 Å². The lowest BCUT2D eigenvalue weighted by Gasteiger charge is -2.29. The molecule has 3 aromatic carbocycles. The lowest BCUT2D eigenvalue weighted by atomic mass is 10.4. The molecule has 0 amide bonds. The third-order valence-corrected chi connectivity index (χ3v) is 13.2. The summed E-state index contributed by atoms with van der Waals surface area (Å²) < 4.78 is 69.5. The molecule has 0 spiro atoms. The molecule has 1 saturated heterocycles. The minimum absolute atomic E-state index is 0.0416. The number of benzene rings is 3. The summed E-state index contributed by atoms with van der Waals surface area (Å²) in [4.78, 5) is -0.0831. The Morgan fingerprint density at radius 1 is 0.567 bits per heavy atom. The Kier molecular flexibility index (Phi) is 5.42. The second-order valence-corrected chi connectivity index (χ2v) is 13.4. The molecule has 10 heteroatoms. The van der Waals surface area contributed by atoms with Gasteiger partial charge in [0.25, 0.3) is 7.44 Å². The molecule has 4 rings (SSSR count). The Morgan fingerprint density at radius 3 is 1.27 bits per heavy atom. The molecule has 0 unspecified atom stereocenters. The minimum Gasteiger partial charge on any atom is -0.281 e. The zero-order valence-corrected chi connectivity index (χ0v) is 18.3. The van der Waals surface area contributed by atoms with Crippen LogP contribution in [-0.4, -0.2) is 38.1 Å². The molecule has 1 heterocycles. The highest BCUT2D eigenvalue weighted by Gasteiger charge is 2.55. The van der Waals surface area contributed by atoms with Crippen molar-refractivity contribution in [2.45, 2.75) is 9.79 Å². The summed E-state index contributed by atoms with van der Waals surface area (Å²) in [6.45, 7) is -0.426. The maximum absolute atomic E-state index is 14.4. The molecule has 0 atom stereocenters. The van der Waals surface area contributed by atoms with Crippen molar-refractivity contribution in [3.63, 3.8) is 0 Å². The van der Waals surface area contributed by atoms with E-state index in [1.165, 1.54) is 36.4 Å². The van der Waals surface area contributed by atoms with Crippen LogP contribution in [0.3, 0.4) is 0 Å². The van der Waals surface area contributed by atoms with Crippen molar-refractivity contribution in [2.75, 3.05) is 13.1 Å². The zero-order valence-electron chi connectivity index (χ0n) is 15.8. The van der Waals surface area contributed by atoms with Crippen LogP contribution in [0.25, 0.3) is 0 Å². The van der Waals surface area contributed by atoms with Gasteiger partial charge < -0.3 is 0 Å². The van der Waals surface area contributed by atoms with Gasteiger partial charge in [-0.05, 0) is 36.4 Å². The number of sulfonamides is 2. The fraction of sp³-hybridized carbons (Fsp3) is 0.100. The lowest BCUT2D eigenvalue weighted by molar-refractivity contribution is 0.514. The zero-order chi connectivity index (χ0) is 21.4. The maximum atomic E-state index is 14.4. The van der Waals surface area contributed by atoms with Crippen LogP contribution >= 0.6 is 7.44 Å². The molecule has 0 aromatic heterocycles. The number of nitrogens with zero attached hydrogens (tertiary/aromatic N) is 2. The summed E-state index contributed by atoms with van der Waals surface area (Å²) in [6.07, 6.45) is 0. The lowest BCUT2D eigenvalue weighted by Crippen LogP contribution is -2.34. The molecule has 0 bridgehead atoms. The van der Waals surface area contributed by atoms with Gasteiger partial charge in [0, 0.05) is 18.4 Å².